The number of benzene rings is 1. The van der Waals surface area contributed by atoms with E-state index in [0.29, 0.717) is 12.1 Å². The van der Waals surface area contributed by atoms with Gasteiger partial charge in [-0.2, -0.15) is 13.2 Å². The summed E-state index contributed by atoms with van der Waals surface area (Å²) in [5, 5.41) is 0. The molecule has 5 nitrogen and oxygen atoms in total. The van der Waals surface area contributed by atoms with Crippen LogP contribution in [0.2, 0.25) is 0 Å². The van der Waals surface area contributed by atoms with E-state index in [-0.39, 0.29) is 15.3 Å². The highest BCUT2D eigenvalue weighted by atomic mass is 19.4. The highest BCUT2D eigenvalue weighted by Gasteiger charge is 2.36. The first kappa shape index (κ1) is 16.3. The van der Waals surface area contributed by atoms with Crippen molar-refractivity contribution in [2.45, 2.75) is 6.18 Å². The molecule has 120 valence electrons. The van der Waals surface area contributed by atoms with Gasteiger partial charge < -0.3 is 5.84 Å². The normalized spacial score (nSPS) is 11.3. The van der Waals surface area contributed by atoms with Crippen molar-refractivity contribution >= 4 is 0 Å². The molecule has 1 heterocycles. The molecular weight excluding hydrogens is 325 g/mol. The van der Waals surface area contributed by atoms with Gasteiger partial charge in [0.05, 0.1) is 11.3 Å². The number of aromatic nitrogens is 2. The first-order valence-electron chi connectivity index (χ1n) is 5.75. The van der Waals surface area contributed by atoms with Crippen LogP contribution in [0.15, 0.2) is 27.8 Å². The molecular formula is C13H6F5N3O2. The van der Waals surface area contributed by atoms with Gasteiger partial charge in [0.25, 0.3) is 5.56 Å². The summed E-state index contributed by atoms with van der Waals surface area (Å²) >= 11 is 0. The van der Waals surface area contributed by atoms with E-state index >= 15 is 0 Å². The summed E-state index contributed by atoms with van der Waals surface area (Å²) in [4.78, 5) is 23.6. The van der Waals surface area contributed by atoms with Crippen LogP contribution in [0.5, 0.6) is 0 Å². The standard InChI is InChI=1S/C13H6F5N3O2/c1-2-6-3-8(15)9(4-7(6)14)20-11(22)5-10(13(16,17)18)21(19)12(20)23/h1,3-5H,19H2. The monoisotopic (exact) mass is 331 g/mol. The van der Waals surface area contributed by atoms with E-state index in [9.17, 15) is 31.5 Å². The number of hydrogen-bond donors (Lipinski definition) is 1. The van der Waals surface area contributed by atoms with Crippen LogP contribution < -0.4 is 17.1 Å². The Hall–Kier alpha value is -3.09. The maximum atomic E-state index is 13.9. The minimum absolute atomic E-state index is 0.00611. The fraction of sp³-hybridized carbons (Fsp3) is 0.0769. The third kappa shape index (κ3) is 2.68. The van der Waals surface area contributed by atoms with Crippen LogP contribution in [0.1, 0.15) is 11.3 Å². The van der Waals surface area contributed by atoms with E-state index < -0.39 is 46.0 Å². The molecule has 10 heteroatoms. The summed E-state index contributed by atoms with van der Waals surface area (Å²) in [7, 11) is 0. The molecule has 0 bridgehead atoms. The molecule has 0 saturated carbocycles. The molecule has 0 aliphatic heterocycles. The summed E-state index contributed by atoms with van der Waals surface area (Å²) in [5.41, 5.74) is -6.36. The van der Waals surface area contributed by atoms with Crippen LogP contribution in [-0.4, -0.2) is 9.24 Å². The fourth-order valence-corrected chi connectivity index (χ4v) is 1.81. The van der Waals surface area contributed by atoms with Crippen LogP contribution in [0.3, 0.4) is 0 Å². The number of terminal acetylenes is 1. The lowest BCUT2D eigenvalue weighted by atomic mass is 10.2. The van der Waals surface area contributed by atoms with E-state index in [1.54, 1.807) is 0 Å². The second kappa shape index (κ2) is 5.28. The number of nitrogen functional groups attached to an aromatic ring is 1. The van der Waals surface area contributed by atoms with Gasteiger partial charge in [0.2, 0.25) is 0 Å². The first-order valence-corrected chi connectivity index (χ1v) is 5.75. The van der Waals surface area contributed by atoms with Crippen LogP contribution >= 0.6 is 0 Å². The topological polar surface area (TPSA) is 70.0 Å². The fourth-order valence-electron chi connectivity index (χ4n) is 1.81. The molecule has 2 rings (SSSR count). The molecule has 1 aromatic heterocycles. The molecule has 2 N–H and O–H groups in total. The van der Waals surface area contributed by atoms with Crippen molar-refractivity contribution in [1.29, 1.82) is 0 Å². The molecule has 0 amide bonds. The lowest BCUT2D eigenvalue weighted by Gasteiger charge is -2.14. The van der Waals surface area contributed by atoms with Crippen LogP contribution in [0.25, 0.3) is 5.69 Å². The first-order chi connectivity index (χ1) is 10.6. The maximum Gasteiger partial charge on any atom is 0.433 e. The van der Waals surface area contributed by atoms with Gasteiger partial charge in [0, 0.05) is 12.1 Å². The zero-order chi connectivity index (χ0) is 17.5. The van der Waals surface area contributed by atoms with Crippen molar-refractivity contribution in [2.75, 3.05) is 5.84 Å². The van der Waals surface area contributed by atoms with Crippen molar-refractivity contribution in [3.8, 4) is 18.0 Å². The zero-order valence-corrected chi connectivity index (χ0v) is 11.0. The average Bonchev–Trinajstić information content (AvgIpc) is 2.45. The third-order valence-electron chi connectivity index (χ3n) is 2.86. The van der Waals surface area contributed by atoms with Crippen LogP contribution in [0.4, 0.5) is 22.0 Å². The molecule has 2 aromatic rings. The summed E-state index contributed by atoms with van der Waals surface area (Å²) in [5.74, 6) is 4.40. The molecule has 0 unspecified atom stereocenters. The van der Waals surface area contributed by atoms with Gasteiger partial charge >= 0.3 is 11.9 Å². The van der Waals surface area contributed by atoms with E-state index in [0.717, 1.165) is 0 Å². The van der Waals surface area contributed by atoms with E-state index in [2.05, 4.69) is 0 Å². The van der Waals surface area contributed by atoms with Crippen molar-refractivity contribution in [2.24, 2.45) is 0 Å². The number of nitrogens with two attached hydrogens (primary N) is 1. The zero-order valence-electron chi connectivity index (χ0n) is 11.0. The quantitative estimate of drug-likeness (QED) is 0.481. The molecule has 0 radical (unpaired) electrons. The number of halogens is 5. The van der Waals surface area contributed by atoms with Gasteiger partial charge in [-0.25, -0.2) is 22.8 Å². The highest BCUT2D eigenvalue weighted by Crippen LogP contribution is 2.26. The van der Waals surface area contributed by atoms with E-state index in [1.165, 1.54) is 0 Å². The number of hydrogen-bond acceptors (Lipinski definition) is 3. The lowest BCUT2D eigenvalue weighted by molar-refractivity contribution is -0.143. The van der Waals surface area contributed by atoms with Crippen LogP contribution in [-0.2, 0) is 6.18 Å². The van der Waals surface area contributed by atoms with Gasteiger partial charge in [0.1, 0.15) is 11.6 Å². The number of nitrogens with zero attached hydrogens (tertiary/aromatic N) is 2. The Labute approximate surface area is 124 Å². The van der Waals surface area contributed by atoms with Gasteiger partial charge in [-0.3, -0.25) is 4.79 Å². The van der Waals surface area contributed by atoms with Gasteiger partial charge in [-0.15, -0.1) is 6.42 Å². The van der Waals surface area contributed by atoms with Crippen molar-refractivity contribution in [3.05, 3.63) is 61.9 Å². The number of rotatable bonds is 1. The Bertz CT molecular complexity index is 950. The minimum Gasteiger partial charge on any atom is -0.335 e. The van der Waals surface area contributed by atoms with Crippen LogP contribution in [0, 0.1) is 24.0 Å². The molecule has 23 heavy (non-hydrogen) atoms. The van der Waals surface area contributed by atoms with Gasteiger partial charge in [0.15, 0.2) is 5.69 Å². The molecule has 0 saturated heterocycles. The third-order valence-corrected chi connectivity index (χ3v) is 2.86. The second-order valence-electron chi connectivity index (χ2n) is 4.28. The number of alkyl halides is 3. The largest absolute Gasteiger partial charge is 0.433 e. The SMILES string of the molecule is C#Cc1cc(F)c(-n2c(=O)cc(C(F)(F)F)n(N)c2=O)cc1F. The lowest BCUT2D eigenvalue weighted by Crippen LogP contribution is -2.45. The van der Waals surface area contributed by atoms with E-state index in [4.69, 9.17) is 12.3 Å². The molecule has 0 aliphatic carbocycles. The Morgan fingerprint density at radius 3 is 2.22 bits per heavy atom. The summed E-state index contributed by atoms with van der Waals surface area (Å²) in [6, 6.07) is 0.934. The summed E-state index contributed by atoms with van der Waals surface area (Å²) in [6.07, 6.45) is -0.156. The van der Waals surface area contributed by atoms with Gasteiger partial charge in [-0.05, 0) is 6.07 Å². The van der Waals surface area contributed by atoms with Crippen molar-refractivity contribution in [1.82, 2.24) is 9.24 Å². The average molecular weight is 331 g/mol. The molecule has 0 atom stereocenters. The highest BCUT2D eigenvalue weighted by molar-refractivity contribution is 5.43. The van der Waals surface area contributed by atoms with Crippen molar-refractivity contribution in [3.63, 3.8) is 0 Å². The van der Waals surface area contributed by atoms with Gasteiger partial charge in [-0.1, -0.05) is 5.92 Å². The predicted octanol–water partition coefficient (Wildman–Crippen LogP) is 0.991. The summed E-state index contributed by atoms with van der Waals surface area (Å²) < 4.78 is 65.0. The van der Waals surface area contributed by atoms with E-state index in [1.807, 2.05) is 5.92 Å². The summed E-state index contributed by atoms with van der Waals surface area (Å²) in [6.45, 7) is 0. The Morgan fingerprint density at radius 2 is 1.70 bits per heavy atom. The molecule has 0 spiro atoms. The minimum atomic E-state index is -5.08. The van der Waals surface area contributed by atoms with Crippen molar-refractivity contribution < 1.29 is 22.0 Å². The Balaban J connectivity index is 2.85. The molecule has 0 fully saturated rings. The molecule has 0 aliphatic rings. The Morgan fingerprint density at radius 1 is 1.09 bits per heavy atom. The smallest absolute Gasteiger partial charge is 0.335 e. The predicted molar refractivity (Wildman–Crippen MR) is 69.3 cm³/mol. The second-order valence-corrected chi connectivity index (χ2v) is 4.28. The Kier molecular flexibility index (Phi) is 3.73. The molecule has 1 aromatic carbocycles. The maximum absolute atomic E-state index is 13.9.